The molecule has 2 N–H and O–H groups in total. The minimum Gasteiger partial charge on any atom is -0.515 e. The number of hydrogen-bond donors (Lipinski definition) is 2. The van der Waals surface area contributed by atoms with Gasteiger partial charge in [0, 0.05) is 22.3 Å². The normalized spacial score (nSPS) is 54.4. The van der Waals surface area contributed by atoms with Gasteiger partial charge in [-0.1, -0.05) is 32.4 Å². The van der Waals surface area contributed by atoms with Crippen LogP contribution in [-0.4, -0.2) is 53.7 Å². The smallest absolute Gasteiger partial charge is 0.227 e. The van der Waals surface area contributed by atoms with Crippen molar-refractivity contribution >= 4 is 5.78 Å². The Bertz CT molecular complexity index is 985. The highest BCUT2D eigenvalue weighted by atomic mass is 16.9. The van der Waals surface area contributed by atoms with E-state index in [4.69, 9.17) is 18.9 Å². The first-order valence-corrected chi connectivity index (χ1v) is 12.1. The number of carbonyl (C=O) groups is 1. The SMILES string of the molecule is CC1=C[C@@H]2[C@H]([C@@H](O)C[C@@]3(C)[C@H]2C[C@@H](C)[C@@]32OCOC23COCO3)[C@@]2(C)CC(=CO)C(=O)C=C12. The summed E-state index contributed by atoms with van der Waals surface area (Å²) in [4.78, 5) is 12.5. The predicted molar refractivity (Wildman–Crippen MR) is 118 cm³/mol. The van der Waals surface area contributed by atoms with Gasteiger partial charge in [-0.3, -0.25) is 4.79 Å². The fraction of sp³-hybridized carbons (Fsp3) is 0.731. The Balaban J connectivity index is 1.49. The largest absolute Gasteiger partial charge is 0.515 e. The van der Waals surface area contributed by atoms with E-state index in [2.05, 4.69) is 33.8 Å². The van der Waals surface area contributed by atoms with Crippen molar-refractivity contribution in [1.82, 2.24) is 0 Å². The van der Waals surface area contributed by atoms with Crippen LogP contribution in [0.3, 0.4) is 0 Å². The van der Waals surface area contributed by atoms with Crippen molar-refractivity contribution in [3.8, 4) is 0 Å². The lowest BCUT2D eigenvalue weighted by Crippen LogP contribution is -2.67. The van der Waals surface area contributed by atoms with Gasteiger partial charge >= 0.3 is 0 Å². The van der Waals surface area contributed by atoms with Gasteiger partial charge in [0.25, 0.3) is 0 Å². The maximum Gasteiger partial charge on any atom is 0.227 e. The molecule has 2 saturated carbocycles. The topological polar surface area (TPSA) is 94.5 Å². The third-order valence-corrected chi connectivity index (χ3v) is 10.2. The summed E-state index contributed by atoms with van der Waals surface area (Å²) < 4.78 is 24.4. The van der Waals surface area contributed by atoms with E-state index in [1.807, 2.05) is 0 Å². The average Bonchev–Trinajstić information content (AvgIpc) is 3.44. The van der Waals surface area contributed by atoms with Crippen molar-refractivity contribution in [3.05, 3.63) is 35.1 Å². The van der Waals surface area contributed by atoms with Crippen LogP contribution in [0, 0.1) is 34.5 Å². The van der Waals surface area contributed by atoms with Crippen LogP contribution in [-0.2, 0) is 23.7 Å². The van der Waals surface area contributed by atoms with E-state index in [-0.39, 0.29) is 48.5 Å². The average molecular weight is 459 g/mol. The highest BCUT2D eigenvalue weighted by Crippen LogP contribution is 2.72. The van der Waals surface area contributed by atoms with Crippen LogP contribution < -0.4 is 0 Å². The zero-order chi connectivity index (χ0) is 23.4. The summed E-state index contributed by atoms with van der Waals surface area (Å²) in [5.74, 6) is -0.640. The summed E-state index contributed by atoms with van der Waals surface area (Å²) >= 11 is 0. The van der Waals surface area contributed by atoms with E-state index in [9.17, 15) is 15.0 Å². The monoisotopic (exact) mass is 458 g/mol. The Labute approximate surface area is 194 Å². The summed E-state index contributed by atoms with van der Waals surface area (Å²) in [6.45, 7) is 9.33. The van der Waals surface area contributed by atoms with Gasteiger partial charge in [0.1, 0.15) is 12.2 Å². The first-order valence-electron chi connectivity index (χ1n) is 12.1. The number of carbonyl (C=O) groups excluding carboxylic acids is 1. The molecule has 0 bridgehead atoms. The molecule has 0 aromatic heterocycles. The van der Waals surface area contributed by atoms with Crippen molar-refractivity contribution < 1.29 is 34.0 Å². The maximum atomic E-state index is 12.5. The standard InChI is InChI=1S/C26H34O7/c1-14-5-17-19-6-15(2)26(25(32-13-33-26)11-30-12-31-25)24(19,4)9-21(29)22(17)23(3)8-16(10-27)20(28)7-18(14)23/h5,7,10,15,17,19,21-22,27,29H,6,8-9,11-13H2,1-4H3/t15-,17+,19+,21+,22-,23+,24+,25?,26-/m1/s1. The van der Waals surface area contributed by atoms with Crippen molar-refractivity contribution in [2.75, 3.05) is 20.2 Å². The van der Waals surface area contributed by atoms with Crippen LogP contribution in [0.1, 0.15) is 47.0 Å². The molecule has 2 aliphatic heterocycles. The van der Waals surface area contributed by atoms with Crippen molar-refractivity contribution in [3.63, 3.8) is 0 Å². The van der Waals surface area contributed by atoms with Crippen LogP contribution >= 0.6 is 0 Å². The molecule has 180 valence electrons. The zero-order valence-corrected chi connectivity index (χ0v) is 19.8. The lowest BCUT2D eigenvalue weighted by atomic mass is 9.45. The second kappa shape index (κ2) is 6.79. The molecule has 4 fully saturated rings. The number of rotatable bonds is 0. The van der Waals surface area contributed by atoms with E-state index in [0.29, 0.717) is 25.0 Å². The molecule has 4 aliphatic carbocycles. The van der Waals surface area contributed by atoms with E-state index in [0.717, 1.165) is 23.8 Å². The summed E-state index contributed by atoms with van der Waals surface area (Å²) in [6, 6.07) is 0. The third-order valence-electron chi connectivity index (χ3n) is 10.2. The lowest BCUT2D eigenvalue weighted by Gasteiger charge is -2.61. The molecule has 0 amide bonds. The maximum absolute atomic E-state index is 12.5. The van der Waals surface area contributed by atoms with Gasteiger partial charge in [-0.15, -0.1) is 0 Å². The second-order valence-corrected chi connectivity index (χ2v) is 11.6. The molecular weight excluding hydrogens is 424 g/mol. The van der Waals surface area contributed by atoms with Gasteiger partial charge in [0.05, 0.1) is 12.4 Å². The molecule has 33 heavy (non-hydrogen) atoms. The molecule has 6 rings (SSSR count). The molecule has 0 aromatic rings. The fourth-order valence-electron chi connectivity index (χ4n) is 9.19. The summed E-state index contributed by atoms with van der Waals surface area (Å²) in [5.41, 5.74) is 0.981. The van der Waals surface area contributed by atoms with E-state index in [1.165, 1.54) is 0 Å². The summed E-state index contributed by atoms with van der Waals surface area (Å²) in [5, 5.41) is 21.5. The van der Waals surface area contributed by atoms with E-state index >= 15 is 0 Å². The number of allylic oxidation sites excluding steroid dienone is 5. The fourth-order valence-corrected chi connectivity index (χ4v) is 9.19. The number of aliphatic hydroxyl groups is 2. The van der Waals surface area contributed by atoms with Gasteiger partial charge in [-0.05, 0) is 55.6 Å². The third kappa shape index (κ3) is 2.40. The molecule has 2 spiro atoms. The van der Waals surface area contributed by atoms with Crippen LogP contribution in [0.2, 0.25) is 0 Å². The summed E-state index contributed by atoms with van der Waals surface area (Å²) in [7, 11) is 0. The predicted octanol–water partition coefficient (Wildman–Crippen LogP) is 3.40. The first kappa shape index (κ1) is 22.0. The van der Waals surface area contributed by atoms with E-state index in [1.54, 1.807) is 6.08 Å². The Hall–Kier alpha value is -1.51. The van der Waals surface area contributed by atoms with Crippen molar-refractivity contribution in [2.24, 2.45) is 34.5 Å². The Morgan fingerprint density at radius 1 is 1.18 bits per heavy atom. The molecule has 1 unspecified atom stereocenters. The minimum absolute atomic E-state index is 0.0602. The molecular formula is C26H34O7. The zero-order valence-electron chi connectivity index (χ0n) is 19.8. The molecule has 6 aliphatic rings. The summed E-state index contributed by atoms with van der Waals surface area (Å²) in [6.07, 6.45) is 6.21. The Morgan fingerprint density at radius 2 is 1.94 bits per heavy atom. The van der Waals surface area contributed by atoms with Crippen molar-refractivity contribution in [2.45, 2.75) is 64.4 Å². The highest BCUT2D eigenvalue weighted by molar-refractivity contribution is 6.06. The van der Waals surface area contributed by atoms with Crippen molar-refractivity contribution in [1.29, 1.82) is 0 Å². The van der Waals surface area contributed by atoms with Crippen LogP contribution in [0.15, 0.2) is 35.1 Å². The molecule has 9 atom stereocenters. The number of ketones is 1. The van der Waals surface area contributed by atoms with Gasteiger partial charge in [0.2, 0.25) is 5.79 Å². The molecule has 0 aromatic carbocycles. The molecule has 7 heteroatoms. The highest BCUT2D eigenvalue weighted by Gasteiger charge is 2.79. The van der Waals surface area contributed by atoms with Crippen LogP contribution in [0.4, 0.5) is 0 Å². The molecule has 0 radical (unpaired) electrons. The second-order valence-electron chi connectivity index (χ2n) is 11.6. The van der Waals surface area contributed by atoms with Crippen LogP contribution in [0.5, 0.6) is 0 Å². The Morgan fingerprint density at radius 3 is 2.64 bits per heavy atom. The number of aliphatic hydroxyl groups excluding tert-OH is 2. The van der Waals surface area contributed by atoms with Gasteiger partial charge in [-0.25, -0.2) is 0 Å². The number of ether oxygens (including phenoxy) is 4. The van der Waals surface area contributed by atoms with Crippen LogP contribution in [0.25, 0.3) is 0 Å². The number of hydrogen-bond acceptors (Lipinski definition) is 7. The van der Waals surface area contributed by atoms with Gasteiger partial charge < -0.3 is 29.2 Å². The van der Waals surface area contributed by atoms with E-state index < -0.39 is 22.9 Å². The molecule has 7 nitrogen and oxygen atoms in total. The quantitative estimate of drug-likeness (QED) is 0.424. The first-order chi connectivity index (χ1) is 15.6. The Kier molecular flexibility index (Phi) is 4.52. The number of fused-ring (bicyclic) bond motifs is 7. The lowest BCUT2D eigenvalue weighted by molar-refractivity contribution is -0.264. The van der Waals surface area contributed by atoms with Gasteiger partial charge in [0.15, 0.2) is 19.4 Å². The minimum atomic E-state index is -0.949. The molecule has 2 heterocycles. The molecule has 2 saturated heterocycles. The van der Waals surface area contributed by atoms with Gasteiger partial charge in [-0.2, -0.15) is 0 Å².